The van der Waals surface area contributed by atoms with Crippen molar-refractivity contribution >= 4 is 5.91 Å². The number of nitrogens with two attached hydrogens (primary N) is 1. The molecule has 1 aromatic carbocycles. The van der Waals surface area contributed by atoms with Crippen LogP contribution in [0.25, 0.3) is 5.69 Å². The lowest BCUT2D eigenvalue weighted by molar-refractivity contribution is -0.136. The van der Waals surface area contributed by atoms with Gasteiger partial charge >= 0.3 is 0 Å². The number of rotatable bonds is 4. The third kappa shape index (κ3) is 3.27. The maximum absolute atomic E-state index is 12.6. The van der Waals surface area contributed by atoms with Gasteiger partial charge in [0.25, 0.3) is 0 Å². The molecule has 0 spiro atoms. The van der Waals surface area contributed by atoms with Gasteiger partial charge < -0.3 is 10.6 Å². The molecule has 0 bridgehead atoms. The fraction of sp³-hybridized carbons (Fsp3) is 0.471. The first-order chi connectivity index (χ1) is 11.1. The van der Waals surface area contributed by atoms with Crippen molar-refractivity contribution in [3.05, 3.63) is 42.5 Å². The van der Waals surface area contributed by atoms with E-state index < -0.39 is 0 Å². The smallest absolute Gasteiger partial charge is 0.225 e. The van der Waals surface area contributed by atoms with Crippen LogP contribution in [0.15, 0.2) is 36.9 Å². The Labute approximate surface area is 136 Å². The second-order valence-electron chi connectivity index (χ2n) is 6.33. The highest BCUT2D eigenvalue weighted by molar-refractivity contribution is 5.79. The molecule has 1 aromatic heterocycles. The van der Waals surface area contributed by atoms with Gasteiger partial charge in [-0.3, -0.25) is 4.79 Å². The van der Waals surface area contributed by atoms with Gasteiger partial charge in [-0.05, 0) is 43.9 Å². The van der Waals surface area contributed by atoms with Crippen molar-refractivity contribution in [3.63, 3.8) is 0 Å². The lowest BCUT2D eigenvalue weighted by Gasteiger charge is -2.28. The summed E-state index contributed by atoms with van der Waals surface area (Å²) < 4.78 is 1.71. The Bertz CT molecular complexity index is 652. The van der Waals surface area contributed by atoms with E-state index in [4.69, 9.17) is 5.73 Å². The maximum atomic E-state index is 12.6. The predicted octanol–water partition coefficient (Wildman–Crippen LogP) is 1.91. The van der Waals surface area contributed by atoms with Crippen molar-refractivity contribution < 1.29 is 4.79 Å². The number of carbonyl (C=O) groups is 1. The van der Waals surface area contributed by atoms with Crippen molar-refractivity contribution in [2.45, 2.75) is 38.3 Å². The molecule has 122 valence electrons. The van der Waals surface area contributed by atoms with Crippen LogP contribution in [0.5, 0.6) is 0 Å². The van der Waals surface area contributed by atoms with E-state index in [0.29, 0.717) is 0 Å². The first kappa shape index (κ1) is 15.7. The number of amides is 1. The first-order valence-corrected chi connectivity index (χ1v) is 8.03. The van der Waals surface area contributed by atoms with Crippen LogP contribution >= 0.6 is 0 Å². The van der Waals surface area contributed by atoms with E-state index in [-0.39, 0.29) is 23.9 Å². The molecule has 6 nitrogen and oxygen atoms in total. The summed E-state index contributed by atoms with van der Waals surface area (Å²) in [6.07, 6.45) is 5.83. The highest BCUT2D eigenvalue weighted by atomic mass is 16.2. The maximum Gasteiger partial charge on any atom is 0.225 e. The van der Waals surface area contributed by atoms with Crippen molar-refractivity contribution in [1.82, 2.24) is 19.7 Å². The van der Waals surface area contributed by atoms with Gasteiger partial charge in [0.1, 0.15) is 12.7 Å². The summed E-state index contributed by atoms with van der Waals surface area (Å²) in [4.78, 5) is 18.4. The van der Waals surface area contributed by atoms with Crippen LogP contribution < -0.4 is 5.73 Å². The van der Waals surface area contributed by atoms with E-state index in [1.807, 2.05) is 36.2 Å². The second kappa shape index (κ2) is 6.50. The largest absolute Gasteiger partial charge is 0.339 e. The van der Waals surface area contributed by atoms with Gasteiger partial charge in [0.2, 0.25) is 5.91 Å². The van der Waals surface area contributed by atoms with E-state index in [0.717, 1.165) is 30.5 Å². The summed E-state index contributed by atoms with van der Waals surface area (Å²) in [7, 11) is 1.88. The van der Waals surface area contributed by atoms with Crippen LogP contribution in [0.3, 0.4) is 0 Å². The van der Waals surface area contributed by atoms with E-state index in [9.17, 15) is 4.79 Å². The molecular formula is C17H23N5O. The molecule has 23 heavy (non-hydrogen) atoms. The molecule has 3 atom stereocenters. The molecule has 1 aliphatic rings. The average Bonchev–Trinajstić information content (AvgIpc) is 3.24. The zero-order chi connectivity index (χ0) is 16.4. The summed E-state index contributed by atoms with van der Waals surface area (Å²) in [5, 5.41) is 4.11. The van der Waals surface area contributed by atoms with Gasteiger partial charge in [-0.25, -0.2) is 9.67 Å². The number of carbonyl (C=O) groups excluding carboxylic acids is 1. The minimum absolute atomic E-state index is 0.0316. The zero-order valence-corrected chi connectivity index (χ0v) is 13.6. The Balaban J connectivity index is 1.69. The molecular weight excluding hydrogens is 290 g/mol. The zero-order valence-electron chi connectivity index (χ0n) is 13.6. The number of aromatic nitrogens is 3. The highest BCUT2D eigenvalue weighted by Crippen LogP contribution is 2.29. The standard InChI is InChI=1S/C17H23N5O/c1-12(21(2)17(23)14-3-6-15(18)9-14)13-4-7-16(8-5-13)22-11-19-10-20-22/h4-5,7-8,10-12,14-15H,3,6,9,18H2,1-2H3. The van der Waals surface area contributed by atoms with Crippen LogP contribution in [-0.4, -0.2) is 38.7 Å². The van der Waals surface area contributed by atoms with Crippen LogP contribution in [0.4, 0.5) is 0 Å². The lowest BCUT2D eigenvalue weighted by Crippen LogP contribution is -2.34. The molecule has 1 saturated carbocycles. The van der Waals surface area contributed by atoms with E-state index in [2.05, 4.69) is 17.0 Å². The molecule has 3 rings (SSSR count). The molecule has 0 saturated heterocycles. The normalized spacial score (nSPS) is 22.0. The van der Waals surface area contributed by atoms with Crippen molar-refractivity contribution in [1.29, 1.82) is 0 Å². The van der Waals surface area contributed by atoms with Crippen LogP contribution in [0, 0.1) is 5.92 Å². The summed E-state index contributed by atoms with van der Waals surface area (Å²) in [5.74, 6) is 0.276. The Kier molecular flexibility index (Phi) is 4.43. The molecule has 0 radical (unpaired) electrons. The number of nitrogens with zero attached hydrogens (tertiary/aromatic N) is 4. The molecule has 2 aromatic rings. The Morgan fingerprint density at radius 3 is 2.65 bits per heavy atom. The predicted molar refractivity (Wildman–Crippen MR) is 87.9 cm³/mol. The molecule has 6 heteroatoms. The molecule has 1 heterocycles. The van der Waals surface area contributed by atoms with Crippen molar-refractivity contribution in [3.8, 4) is 5.69 Å². The molecule has 2 N–H and O–H groups in total. The first-order valence-electron chi connectivity index (χ1n) is 8.03. The quantitative estimate of drug-likeness (QED) is 0.935. The summed E-state index contributed by atoms with van der Waals surface area (Å²) in [5.41, 5.74) is 7.99. The third-order valence-electron chi connectivity index (χ3n) is 4.81. The summed E-state index contributed by atoms with van der Waals surface area (Å²) in [6.45, 7) is 2.05. The Hall–Kier alpha value is -2.21. The van der Waals surface area contributed by atoms with Crippen molar-refractivity contribution in [2.24, 2.45) is 11.7 Å². The number of hydrogen-bond donors (Lipinski definition) is 1. The third-order valence-corrected chi connectivity index (χ3v) is 4.81. The highest BCUT2D eigenvalue weighted by Gasteiger charge is 2.31. The van der Waals surface area contributed by atoms with Crippen LogP contribution in [0.1, 0.15) is 37.8 Å². The molecule has 1 amide bonds. The molecule has 3 unspecified atom stereocenters. The fourth-order valence-electron chi connectivity index (χ4n) is 3.19. The molecule has 1 aliphatic carbocycles. The van der Waals surface area contributed by atoms with Gasteiger partial charge in [-0.15, -0.1) is 0 Å². The van der Waals surface area contributed by atoms with Crippen LogP contribution in [-0.2, 0) is 4.79 Å². The van der Waals surface area contributed by atoms with Gasteiger partial charge in [0.05, 0.1) is 11.7 Å². The van der Waals surface area contributed by atoms with Crippen LogP contribution in [0.2, 0.25) is 0 Å². The van der Waals surface area contributed by atoms with E-state index >= 15 is 0 Å². The number of hydrogen-bond acceptors (Lipinski definition) is 4. The SMILES string of the molecule is CC(c1ccc(-n2cncn2)cc1)N(C)C(=O)C1CCC(N)C1. The van der Waals surface area contributed by atoms with Gasteiger partial charge in [-0.2, -0.15) is 5.10 Å². The molecule has 1 fully saturated rings. The van der Waals surface area contributed by atoms with Gasteiger partial charge in [-0.1, -0.05) is 12.1 Å². The minimum atomic E-state index is 0.0316. The van der Waals surface area contributed by atoms with E-state index in [1.165, 1.54) is 6.33 Å². The van der Waals surface area contributed by atoms with Gasteiger partial charge in [0.15, 0.2) is 0 Å². The topological polar surface area (TPSA) is 77.0 Å². The summed E-state index contributed by atoms with van der Waals surface area (Å²) in [6, 6.07) is 8.26. The average molecular weight is 313 g/mol. The van der Waals surface area contributed by atoms with Gasteiger partial charge in [0, 0.05) is 19.0 Å². The Morgan fingerprint density at radius 2 is 2.09 bits per heavy atom. The molecule has 0 aliphatic heterocycles. The lowest BCUT2D eigenvalue weighted by atomic mass is 10.0. The number of benzene rings is 1. The van der Waals surface area contributed by atoms with E-state index in [1.54, 1.807) is 11.0 Å². The minimum Gasteiger partial charge on any atom is -0.339 e. The second-order valence-corrected chi connectivity index (χ2v) is 6.33. The Morgan fingerprint density at radius 1 is 1.35 bits per heavy atom. The van der Waals surface area contributed by atoms with Crippen molar-refractivity contribution in [2.75, 3.05) is 7.05 Å². The summed E-state index contributed by atoms with van der Waals surface area (Å²) >= 11 is 0. The monoisotopic (exact) mass is 313 g/mol. The fourth-order valence-corrected chi connectivity index (χ4v) is 3.19.